The van der Waals surface area contributed by atoms with Gasteiger partial charge < -0.3 is 15.3 Å². The average Bonchev–Trinajstić information content (AvgIpc) is 3.21. The SMILES string of the molecule is C=CCN(CCO)c1cnccc1CNC1CC1. The van der Waals surface area contributed by atoms with E-state index in [9.17, 15) is 0 Å². The van der Waals surface area contributed by atoms with Crippen molar-refractivity contribution >= 4 is 5.69 Å². The molecule has 1 aromatic rings. The van der Waals surface area contributed by atoms with Crippen LogP contribution in [0.5, 0.6) is 0 Å². The van der Waals surface area contributed by atoms with Crippen LogP contribution in [0.15, 0.2) is 31.1 Å². The van der Waals surface area contributed by atoms with Gasteiger partial charge in [0.15, 0.2) is 0 Å². The third-order valence-electron chi connectivity index (χ3n) is 3.11. The van der Waals surface area contributed by atoms with E-state index in [0.29, 0.717) is 12.6 Å². The summed E-state index contributed by atoms with van der Waals surface area (Å²) in [6, 6.07) is 2.73. The third-order valence-corrected chi connectivity index (χ3v) is 3.11. The number of nitrogens with one attached hydrogen (secondary N) is 1. The van der Waals surface area contributed by atoms with Crippen LogP contribution in [0.3, 0.4) is 0 Å². The Labute approximate surface area is 108 Å². The largest absolute Gasteiger partial charge is 0.395 e. The first-order chi connectivity index (χ1) is 8.85. The van der Waals surface area contributed by atoms with Gasteiger partial charge in [0.25, 0.3) is 0 Å². The first kappa shape index (κ1) is 13.1. The van der Waals surface area contributed by atoms with Gasteiger partial charge in [-0.15, -0.1) is 6.58 Å². The Morgan fingerprint density at radius 2 is 2.39 bits per heavy atom. The van der Waals surface area contributed by atoms with Crippen molar-refractivity contribution in [3.63, 3.8) is 0 Å². The minimum atomic E-state index is 0.137. The molecule has 1 aromatic heterocycles. The lowest BCUT2D eigenvalue weighted by atomic mass is 10.2. The predicted molar refractivity (Wildman–Crippen MR) is 73.6 cm³/mol. The summed E-state index contributed by atoms with van der Waals surface area (Å²) in [7, 11) is 0. The van der Waals surface area contributed by atoms with E-state index in [-0.39, 0.29) is 6.61 Å². The van der Waals surface area contributed by atoms with E-state index in [2.05, 4.69) is 21.8 Å². The van der Waals surface area contributed by atoms with Crippen LogP contribution >= 0.6 is 0 Å². The molecular weight excluding hydrogens is 226 g/mol. The van der Waals surface area contributed by atoms with Crippen molar-refractivity contribution in [1.29, 1.82) is 0 Å². The summed E-state index contributed by atoms with van der Waals surface area (Å²) >= 11 is 0. The van der Waals surface area contributed by atoms with Crippen molar-refractivity contribution in [2.24, 2.45) is 0 Å². The summed E-state index contributed by atoms with van der Waals surface area (Å²) in [5.74, 6) is 0. The molecule has 98 valence electrons. The van der Waals surface area contributed by atoms with Gasteiger partial charge >= 0.3 is 0 Å². The molecular formula is C14H21N3O. The molecule has 1 aliphatic rings. The van der Waals surface area contributed by atoms with E-state index >= 15 is 0 Å². The molecule has 4 nitrogen and oxygen atoms in total. The molecule has 1 saturated carbocycles. The van der Waals surface area contributed by atoms with Crippen molar-refractivity contribution in [3.8, 4) is 0 Å². The Morgan fingerprint density at radius 3 is 3.06 bits per heavy atom. The minimum absolute atomic E-state index is 0.137. The third kappa shape index (κ3) is 3.55. The van der Waals surface area contributed by atoms with Crippen LogP contribution in [0.1, 0.15) is 18.4 Å². The molecule has 0 atom stereocenters. The van der Waals surface area contributed by atoms with Gasteiger partial charge in [-0.2, -0.15) is 0 Å². The van der Waals surface area contributed by atoms with Crippen LogP contribution in [-0.2, 0) is 6.54 Å². The van der Waals surface area contributed by atoms with E-state index in [0.717, 1.165) is 18.8 Å². The maximum Gasteiger partial charge on any atom is 0.0606 e. The summed E-state index contributed by atoms with van der Waals surface area (Å²) in [6.07, 6.45) is 8.10. The summed E-state index contributed by atoms with van der Waals surface area (Å²) in [4.78, 5) is 6.29. The van der Waals surface area contributed by atoms with E-state index in [4.69, 9.17) is 5.11 Å². The Hall–Kier alpha value is -1.39. The molecule has 0 bridgehead atoms. The first-order valence-corrected chi connectivity index (χ1v) is 6.48. The van der Waals surface area contributed by atoms with Crippen molar-refractivity contribution in [3.05, 3.63) is 36.7 Å². The van der Waals surface area contributed by atoms with Crippen molar-refractivity contribution in [1.82, 2.24) is 10.3 Å². The van der Waals surface area contributed by atoms with Crippen LogP contribution < -0.4 is 10.2 Å². The lowest BCUT2D eigenvalue weighted by Crippen LogP contribution is -2.29. The highest BCUT2D eigenvalue weighted by molar-refractivity contribution is 5.52. The maximum absolute atomic E-state index is 9.13. The molecule has 0 spiro atoms. The van der Waals surface area contributed by atoms with Crippen molar-refractivity contribution < 1.29 is 5.11 Å². The highest BCUT2D eigenvalue weighted by Gasteiger charge is 2.20. The Bertz CT molecular complexity index is 390. The molecule has 4 heteroatoms. The zero-order chi connectivity index (χ0) is 12.8. The van der Waals surface area contributed by atoms with Gasteiger partial charge in [-0.05, 0) is 24.5 Å². The number of pyridine rings is 1. The maximum atomic E-state index is 9.13. The number of nitrogens with zero attached hydrogens (tertiary/aromatic N) is 2. The lowest BCUT2D eigenvalue weighted by Gasteiger charge is -2.24. The van der Waals surface area contributed by atoms with Crippen LogP contribution in [-0.4, -0.2) is 35.8 Å². The van der Waals surface area contributed by atoms with Crippen LogP contribution in [0, 0.1) is 0 Å². The van der Waals surface area contributed by atoms with Crippen molar-refractivity contribution in [2.75, 3.05) is 24.6 Å². The fourth-order valence-electron chi connectivity index (χ4n) is 1.98. The second-order valence-electron chi connectivity index (χ2n) is 4.62. The van der Waals surface area contributed by atoms with Crippen LogP contribution in [0.4, 0.5) is 5.69 Å². The number of aliphatic hydroxyl groups is 1. The van der Waals surface area contributed by atoms with Gasteiger partial charge in [0, 0.05) is 31.9 Å². The summed E-state index contributed by atoms with van der Waals surface area (Å²) in [5, 5.41) is 12.6. The van der Waals surface area contributed by atoms with Crippen molar-refractivity contribution in [2.45, 2.75) is 25.4 Å². The Balaban J connectivity index is 2.09. The van der Waals surface area contributed by atoms with Gasteiger partial charge in [0.05, 0.1) is 18.5 Å². The zero-order valence-corrected chi connectivity index (χ0v) is 10.7. The van der Waals surface area contributed by atoms with Gasteiger partial charge in [-0.3, -0.25) is 4.98 Å². The quantitative estimate of drug-likeness (QED) is 0.680. The van der Waals surface area contributed by atoms with E-state index in [1.165, 1.54) is 18.4 Å². The lowest BCUT2D eigenvalue weighted by molar-refractivity contribution is 0.303. The molecule has 0 radical (unpaired) electrons. The Morgan fingerprint density at radius 1 is 1.56 bits per heavy atom. The topological polar surface area (TPSA) is 48.4 Å². The van der Waals surface area contributed by atoms with E-state index in [1.807, 2.05) is 24.5 Å². The summed E-state index contributed by atoms with van der Waals surface area (Å²) in [6.45, 7) is 6.09. The molecule has 0 amide bonds. The van der Waals surface area contributed by atoms with Crippen LogP contribution in [0.2, 0.25) is 0 Å². The number of anilines is 1. The molecule has 2 rings (SSSR count). The molecule has 18 heavy (non-hydrogen) atoms. The van der Waals surface area contributed by atoms with E-state index < -0.39 is 0 Å². The summed E-state index contributed by atoms with van der Waals surface area (Å²) in [5.41, 5.74) is 2.31. The molecule has 1 heterocycles. The monoisotopic (exact) mass is 247 g/mol. The molecule has 0 saturated heterocycles. The average molecular weight is 247 g/mol. The number of hydrogen-bond donors (Lipinski definition) is 2. The number of aromatic nitrogens is 1. The number of hydrogen-bond acceptors (Lipinski definition) is 4. The zero-order valence-electron chi connectivity index (χ0n) is 10.7. The highest BCUT2D eigenvalue weighted by atomic mass is 16.3. The smallest absolute Gasteiger partial charge is 0.0606 e. The van der Waals surface area contributed by atoms with Gasteiger partial charge in [0.1, 0.15) is 0 Å². The second-order valence-corrected chi connectivity index (χ2v) is 4.62. The first-order valence-electron chi connectivity index (χ1n) is 6.48. The normalized spacial score (nSPS) is 14.5. The predicted octanol–water partition coefficient (Wildman–Crippen LogP) is 1.32. The Kier molecular flexibility index (Phi) is 4.73. The molecule has 0 unspecified atom stereocenters. The number of aliphatic hydroxyl groups excluding tert-OH is 1. The summed E-state index contributed by atoms with van der Waals surface area (Å²) < 4.78 is 0. The van der Waals surface area contributed by atoms with E-state index in [1.54, 1.807) is 0 Å². The van der Waals surface area contributed by atoms with Gasteiger partial charge in [-0.1, -0.05) is 6.08 Å². The standard InChI is InChI=1S/C14H21N3O/c1-2-7-17(8-9-18)14-11-15-6-5-12(14)10-16-13-3-4-13/h2,5-6,11,13,16,18H,1,3-4,7-10H2. The molecule has 1 aliphatic carbocycles. The molecule has 0 aliphatic heterocycles. The van der Waals surface area contributed by atoms with Gasteiger partial charge in [0.2, 0.25) is 0 Å². The molecule has 0 aromatic carbocycles. The molecule has 2 N–H and O–H groups in total. The van der Waals surface area contributed by atoms with Gasteiger partial charge in [-0.25, -0.2) is 0 Å². The number of rotatable bonds is 8. The second kappa shape index (κ2) is 6.52. The fraction of sp³-hybridized carbons (Fsp3) is 0.500. The molecule has 1 fully saturated rings. The fourth-order valence-corrected chi connectivity index (χ4v) is 1.98. The minimum Gasteiger partial charge on any atom is -0.395 e. The van der Waals surface area contributed by atoms with Crippen LogP contribution in [0.25, 0.3) is 0 Å². The highest BCUT2D eigenvalue weighted by Crippen LogP contribution is 2.22.